The Labute approximate surface area is 208 Å². The number of hydrogen-bond donors (Lipinski definition) is 0. The van der Waals surface area contributed by atoms with E-state index in [1.165, 1.54) is 47.8 Å². The maximum atomic E-state index is 13.1. The molecule has 2 aliphatic heterocycles. The number of thioether (sulfide) groups is 1. The van der Waals surface area contributed by atoms with Gasteiger partial charge in [0.05, 0.1) is 30.1 Å². The van der Waals surface area contributed by atoms with Gasteiger partial charge in [0.2, 0.25) is 5.91 Å². The van der Waals surface area contributed by atoms with Crippen LogP contribution in [0.5, 0.6) is 0 Å². The molecule has 2 heterocycles. The summed E-state index contributed by atoms with van der Waals surface area (Å²) in [6.07, 6.45) is 1.39. The third-order valence-electron chi connectivity index (χ3n) is 5.54. The molecule has 1 saturated heterocycles. The first-order valence-corrected chi connectivity index (χ1v) is 15.3. The van der Waals surface area contributed by atoms with Gasteiger partial charge in [-0.3, -0.25) is 14.9 Å². The Morgan fingerprint density at radius 1 is 1.29 bits per heavy atom. The van der Waals surface area contributed by atoms with E-state index < -0.39 is 25.2 Å². The Bertz CT molecular complexity index is 1080. The topological polar surface area (TPSA) is 125 Å². The lowest BCUT2D eigenvalue weighted by Crippen LogP contribution is -2.63. The zero-order valence-corrected chi connectivity index (χ0v) is 22.0. The van der Waals surface area contributed by atoms with Gasteiger partial charge in [-0.05, 0) is 49.7 Å². The first kappa shape index (κ1) is 26.6. The lowest BCUT2D eigenvalue weighted by atomic mass is 9.83. The Morgan fingerprint density at radius 2 is 1.94 bits per heavy atom. The summed E-state index contributed by atoms with van der Waals surface area (Å²) in [5.41, 5.74) is 0.658. The molecule has 10 nitrogen and oxygen atoms in total. The van der Waals surface area contributed by atoms with Crippen LogP contribution in [0.3, 0.4) is 0 Å². The smallest absolute Gasteiger partial charge is 0.356 e. The van der Waals surface area contributed by atoms with Gasteiger partial charge < -0.3 is 18.8 Å². The molecule has 0 aliphatic carbocycles. The summed E-state index contributed by atoms with van der Waals surface area (Å²) in [4.78, 5) is 50.0. The number of β-lactam (4-membered cyclic amide) rings is 1. The average molecular weight is 521 g/mol. The highest BCUT2D eigenvalue weighted by molar-refractivity contribution is 8.05. The van der Waals surface area contributed by atoms with Crippen LogP contribution in [0, 0.1) is 16.0 Å². The number of nitrogens with zero attached hydrogens (tertiary/aromatic N) is 2. The van der Waals surface area contributed by atoms with E-state index in [4.69, 9.17) is 9.16 Å². The number of amides is 1. The minimum atomic E-state index is -1.88. The van der Waals surface area contributed by atoms with Crippen molar-refractivity contribution in [3.63, 3.8) is 0 Å². The molecule has 1 aromatic carbocycles. The van der Waals surface area contributed by atoms with Crippen molar-refractivity contribution >= 4 is 43.6 Å². The molecule has 3 atom stereocenters. The van der Waals surface area contributed by atoms with Crippen LogP contribution in [0.15, 0.2) is 46.4 Å². The second-order valence-corrected chi connectivity index (χ2v) is 14.6. The molecule has 0 saturated carbocycles. The molecule has 3 rings (SSSR count). The van der Waals surface area contributed by atoms with Crippen molar-refractivity contribution in [3.8, 4) is 0 Å². The number of methoxy groups -OCH3 is 1. The van der Waals surface area contributed by atoms with Crippen LogP contribution in [0.1, 0.15) is 18.9 Å². The van der Waals surface area contributed by atoms with E-state index >= 15 is 0 Å². The summed E-state index contributed by atoms with van der Waals surface area (Å²) >= 11 is 1.16. The molecule has 12 heteroatoms. The summed E-state index contributed by atoms with van der Waals surface area (Å²) in [6, 6.07) is 5.44. The van der Waals surface area contributed by atoms with Gasteiger partial charge >= 0.3 is 11.9 Å². The number of carbonyl (C=O) groups excluding carboxylic acids is 3. The van der Waals surface area contributed by atoms with E-state index in [2.05, 4.69) is 24.4 Å². The first-order valence-electron chi connectivity index (χ1n) is 11.0. The van der Waals surface area contributed by atoms with Crippen molar-refractivity contribution in [2.24, 2.45) is 5.92 Å². The molecule has 2 aliphatic rings. The maximum absolute atomic E-state index is 13.1. The lowest BCUT2D eigenvalue weighted by Gasteiger charge is -2.47. The van der Waals surface area contributed by atoms with E-state index in [0.29, 0.717) is 16.9 Å². The summed E-state index contributed by atoms with van der Waals surface area (Å²) in [5.74, 6) is -1.78. The molecule has 0 aromatic heterocycles. The van der Waals surface area contributed by atoms with Crippen LogP contribution in [0.4, 0.5) is 5.69 Å². The van der Waals surface area contributed by atoms with Crippen molar-refractivity contribution in [2.45, 2.75) is 51.7 Å². The van der Waals surface area contributed by atoms with Crippen LogP contribution < -0.4 is 0 Å². The van der Waals surface area contributed by atoms with Crippen LogP contribution in [0.25, 0.3) is 0 Å². The lowest BCUT2D eigenvalue weighted by molar-refractivity contribution is -0.384. The molecule has 188 valence electrons. The number of non-ortho nitro benzene ring substituents is 1. The van der Waals surface area contributed by atoms with Crippen LogP contribution >= 0.6 is 11.8 Å². The Morgan fingerprint density at radius 3 is 2.51 bits per heavy atom. The Kier molecular flexibility index (Phi) is 8.18. The maximum Gasteiger partial charge on any atom is 0.356 e. The molecule has 1 aromatic rings. The second-order valence-electron chi connectivity index (χ2n) is 9.16. The highest BCUT2D eigenvalue weighted by atomic mass is 32.2. The van der Waals surface area contributed by atoms with Gasteiger partial charge in [0, 0.05) is 29.5 Å². The molecule has 0 radical (unpaired) electrons. The molecular weight excluding hydrogens is 492 g/mol. The van der Waals surface area contributed by atoms with E-state index in [9.17, 15) is 24.5 Å². The minimum Gasteiger partial charge on any atom is -0.466 e. The van der Waals surface area contributed by atoms with E-state index in [0.717, 1.165) is 11.8 Å². The molecule has 1 fully saturated rings. The fourth-order valence-electron chi connectivity index (χ4n) is 4.11. The van der Waals surface area contributed by atoms with Gasteiger partial charge in [-0.15, -0.1) is 0 Å². The number of nitro groups is 1. The van der Waals surface area contributed by atoms with Crippen LogP contribution in [-0.4, -0.2) is 55.2 Å². The number of rotatable bonds is 10. The van der Waals surface area contributed by atoms with E-state index in [1.807, 2.05) is 6.92 Å². The standard InChI is InChI=1S/C23H28N2O8SSi/c1-14(33-35(3,4)5)20-17-12-18(34-11-10-19(26)31-2)21(24(17)22(20)27)23(28)32-13-15-6-8-16(9-7-15)25(29)30/h6-11,14,17,20H,12-13H2,1-5H3/t14-,17-,20-/m1/s1. The number of carbonyl (C=O) groups is 3. The third-order valence-corrected chi connectivity index (χ3v) is 7.54. The monoisotopic (exact) mass is 520 g/mol. The fraction of sp³-hybridized carbons (Fsp3) is 0.435. The number of benzene rings is 1. The summed E-state index contributed by atoms with van der Waals surface area (Å²) in [6.45, 7) is 7.93. The van der Waals surface area contributed by atoms with Crippen molar-refractivity contribution in [1.29, 1.82) is 0 Å². The van der Waals surface area contributed by atoms with E-state index in [-0.39, 0.29) is 42.0 Å². The molecule has 0 unspecified atom stereocenters. The minimum absolute atomic E-state index is 0.0654. The first-order chi connectivity index (χ1) is 16.4. The van der Waals surface area contributed by atoms with Crippen molar-refractivity contribution in [1.82, 2.24) is 4.90 Å². The number of nitro benzene ring substituents is 1. The summed E-state index contributed by atoms with van der Waals surface area (Å²) in [5, 5.41) is 12.3. The van der Waals surface area contributed by atoms with Crippen LogP contribution in [-0.2, 0) is 34.9 Å². The molecule has 1 amide bonds. The highest BCUT2D eigenvalue weighted by Crippen LogP contribution is 2.48. The SMILES string of the molecule is COC(=O)C=CSC1=C(C(=O)OCc2ccc([N+](=O)[O-])cc2)N2C(=O)[C@H]([C@@H](C)O[Si](C)(C)C)[C@H]2C1. The normalized spacial score (nSPS) is 20.5. The zero-order valence-electron chi connectivity index (χ0n) is 20.2. The number of ether oxygens (including phenoxy) is 2. The van der Waals surface area contributed by atoms with Gasteiger partial charge in [0.25, 0.3) is 5.69 Å². The fourth-order valence-corrected chi connectivity index (χ4v) is 6.28. The summed E-state index contributed by atoms with van der Waals surface area (Å²) < 4.78 is 16.2. The Hall–Kier alpha value is -2.96. The van der Waals surface area contributed by atoms with Gasteiger partial charge in [0.1, 0.15) is 12.3 Å². The largest absolute Gasteiger partial charge is 0.466 e. The zero-order chi connectivity index (χ0) is 25.9. The predicted octanol–water partition coefficient (Wildman–Crippen LogP) is 3.74. The number of fused-ring (bicyclic) bond motifs is 1. The van der Waals surface area contributed by atoms with Gasteiger partial charge in [-0.1, -0.05) is 11.8 Å². The van der Waals surface area contributed by atoms with Gasteiger partial charge in [0.15, 0.2) is 8.32 Å². The molecule has 35 heavy (non-hydrogen) atoms. The number of hydrogen-bond acceptors (Lipinski definition) is 9. The molecule has 0 N–H and O–H groups in total. The Balaban J connectivity index is 1.77. The predicted molar refractivity (Wildman–Crippen MR) is 131 cm³/mol. The average Bonchev–Trinajstić information content (AvgIpc) is 3.10. The quantitative estimate of drug-likeness (QED) is 0.113. The van der Waals surface area contributed by atoms with Crippen molar-refractivity contribution in [2.75, 3.05) is 7.11 Å². The summed E-state index contributed by atoms with van der Waals surface area (Å²) in [7, 11) is -0.614. The van der Waals surface area contributed by atoms with Crippen LogP contribution in [0.2, 0.25) is 19.6 Å². The van der Waals surface area contributed by atoms with Gasteiger partial charge in [-0.25, -0.2) is 9.59 Å². The molecule has 0 spiro atoms. The van der Waals surface area contributed by atoms with Gasteiger partial charge in [-0.2, -0.15) is 0 Å². The third kappa shape index (κ3) is 6.19. The van der Waals surface area contributed by atoms with Crippen molar-refractivity contribution in [3.05, 3.63) is 62.0 Å². The highest BCUT2D eigenvalue weighted by Gasteiger charge is 2.57. The second kappa shape index (κ2) is 10.8. The van der Waals surface area contributed by atoms with E-state index in [1.54, 1.807) is 0 Å². The molecule has 0 bridgehead atoms. The molecular formula is C23H28N2O8SSi. The van der Waals surface area contributed by atoms with Crippen molar-refractivity contribution < 1.29 is 33.2 Å². The number of esters is 2.